The van der Waals surface area contributed by atoms with Gasteiger partial charge in [0.1, 0.15) is 28.7 Å². The molecule has 3 N–H and O–H groups in total. The first-order valence-corrected chi connectivity index (χ1v) is 45.1. The van der Waals surface area contributed by atoms with E-state index in [9.17, 15) is 0 Å². The normalized spacial score (nSPS) is 18.1. The maximum Gasteiger partial charge on any atom is 0.127 e. The maximum atomic E-state index is 5.84. The Morgan fingerprint density at radius 1 is 0.287 bits per heavy atom. The number of piperidine rings is 5. The first-order chi connectivity index (χ1) is 59.7. The number of methoxy groups -OCH3 is 5. The first-order valence-electron chi connectivity index (χ1n) is 45.1. The van der Waals surface area contributed by atoms with Crippen LogP contribution in [0.25, 0.3) is 22.3 Å². The summed E-state index contributed by atoms with van der Waals surface area (Å²) >= 11 is 0. The van der Waals surface area contributed by atoms with E-state index in [2.05, 4.69) is 196 Å². The first kappa shape index (κ1) is 85.2. The highest BCUT2D eigenvalue weighted by atomic mass is 16.5. The van der Waals surface area contributed by atoms with Crippen LogP contribution in [-0.2, 0) is 64.2 Å². The molecule has 5 fully saturated rings. The van der Waals surface area contributed by atoms with Gasteiger partial charge in [-0.1, -0.05) is 83.0 Å². The van der Waals surface area contributed by atoms with Gasteiger partial charge in [0.05, 0.1) is 64.0 Å². The summed E-state index contributed by atoms with van der Waals surface area (Å²) in [6, 6.07) is 44.1. The Kier molecular flexibility index (Phi) is 27.5. The molecule has 20 rings (SSSR count). The minimum Gasteiger partial charge on any atom is -0.496 e. The second-order valence-electron chi connectivity index (χ2n) is 35.2. The number of rotatable bonds is 6. The summed E-state index contributed by atoms with van der Waals surface area (Å²) in [5.74, 6) is 6.01. The van der Waals surface area contributed by atoms with Gasteiger partial charge in [-0.25, -0.2) is 0 Å². The van der Waals surface area contributed by atoms with Crippen LogP contribution in [0.15, 0.2) is 175 Å². The molecule has 0 amide bonds. The third-order valence-corrected chi connectivity index (χ3v) is 27.0. The van der Waals surface area contributed by atoms with Crippen molar-refractivity contribution in [1.82, 2.24) is 50.7 Å². The van der Waals surface area contributed by atoms with Gasteiger partial charge in [0.25, 0.3) is 0 Å². The highest BCUT2D eigenvalue weighted by molar-refractivity contribution is 5.91. The fraction of sp³-hybridized carbons (Fsp3) is 0.411. The Morgan fingerprint density at radius 3 is 0.877 bits per heavy atom. The molecule has 5 saturated heterocycles. The van der Waals surface area contributed by atoms with Crippen molar-refractivity contribution in [2.24, 2.45) is 5.92 Å². The van der Waals surface area contributed by atoms with Crippen LogP contribution in [0.3, 0.4) is 0 Å². The van der Waals surface area contributed by atoms with Crippen LogP contribution < -0.4 is 39.6 Å². The summed E-state index contributed by atoms with van der Waals surface area (Å²) < 4.78 is 29.1. The largest absolute Gasteiger partial charge is 0.496 e. The second kappa shape index (κ2) is 39.4. The maximum absolute atomic E-state index is 5.84. The van der Waals surface area contributed by atoms with Crippen molar-refractivity contribution in [2.45, 2.75) is 169 Å². The third kappa shape index (κ3) is 18.6. The van der Waals surface area contributed by atoms with Crippen molar-refractivity contribution >= 4 is 22.3 Å². The number of aromatic nitrogens is 5. The monoisotopic (exact) mass is 1630 g/mol. The average molecular weight is 1630 g/mol. The molecule has 5 aromatic carbocycles. The van der Waals surface area contributed by atoms with E-state index < -0.39 is 0 Å². The molecule has 5 aliphatic heterocycles. The third-order valence-electron chi connectivity index (χ3n) is 27.0. The minimum absolute atomic E-state index is 0.358. The highest BCUT2D eigenvalue weighted by Gasteiger charge is 2.37. The van der Waals surface area contributed by atoms with E-state index in [4.69, 9.17) is 48.6 Å². The van der Waals surface area contributed by atoms with Crippen molar-refractivity contribution in [1.29, 1.82) is 0 Å². The van der Waals surface area contributed by atoms with Gasteiger partial charge in [-0.05, 0) is 366 Å². The van der Waals surface area contributed by atoms with Crippen molar-refractivity contribution in [3.63, 3.8) is 0 Å². The number of nitrogens with zero attached hydrogens (tertiary/aromatic N) is 7. The van der Waals surface area contributed by atoms with Gasteiger partial charge in [-0.15, -0.1) is 0 Å². The van der Waals surface area contributed by atoms with Gasteiger partial charge in [0, 0.05) is 113 Å². The van der Waals surface area contributed by atoms with E-state index >= 15 is 0 Å². The molecule has 122 heavy (non-hydrogen) atoms. The summed E-state index contributed by atoms with van der Waals surface area (Å²) in [6.07, 6.45) is 31.3. The number of nitrogens with one attached hydrogen (secondary N) is 3. The molecule has 1 unspecified atom stereocenters. The van der Waals surface area contributed by atoms with Gasteiger partial charge in [-0.3, -0.25) is 24.9 Å². The van der Waals surface area contributed by atoms with Crippen LogP contribution >= 0.6 is 0 Å². The topological polar surface area (TPSA) is 153 Å². The Morgan fingerprint density at radius 2 is 0.549 bits per heavy atom. The summed E-state index contributed by atoms with van der Waals surface area (Å²) in [5, 5.41) is 10.4. The zero-order valence-corrected chi connectivity index (χ0v) is 74.5. The molecule has 10 aromatic rings. The van der Waals surface area contributed by atoms with Gasteiger partial charge in [-0.2, -0.15) is 0 Å². The van der Waals surface area contributed by atoms with Gasteiger partial charge in [0.15, 0.2) is 0 Å². The molecule has 5 aromatic heterocycles. The molecule has 10 aliphatic rings. The SMILES string of the molecule is COc1cc(C)cc2c1C(=C1CCN(C)CC1)c1ncccc1CC2.COc1cc(C)cc2c1C(=C1CCN(C)CC1)c1ncccc1CC2.COc1cc(C)cc2c1C(=C1CCNCC1)c1ncccc1CC2.COc1cc(C)cc2c1C(=C1CCNCC1)c1ncccc1CC2.COc1cc(C)cc2c1C(C1CCNCC1)c1ncccc1CC2. The Hall–Kier alpha value is -10.4. The number of benzene rings is 5. The molecule has 634 valence electrons. The summed E-state index contributed by atoms with van der Waals surface area (Å²) in [6.45, 7) is 21.6. The molecule has 15 nitrogen and oxygen atoms in total. The van der Waals surface area contributed by atoms with Crippen LogP contribution in [0.2, 0.25) is 0 Å². The summed E-state index contributed by atoms with van der Waals surface area (Å²) in [4.78, 5) is 28.9. The van der Waals surface area contributed by atoms with E-state index in [1.54, 1.807) is 35.5 Å². The lowest BCUT2D eigenvalue weighted by atomic mass is 9.76. The number of hydrogen-bond donors (Lipinski definition) is 3. The zero-order chi connectivity index (χ0) is 84.3. The molecule has 10 heterocycles. The molecule has 0 spiro atoms. The average Bonchev–Trinajstić information content (AvgIpc) is 1.30. The van der Waals surface area contributed by atoms with E-state index in [-0.39, 0.29) is 0 Å². The van der Waals surface area contributed by atoms with Crippen LogP contribution in [0, 0.1) is 40.5 Å². The van der Waals surface area contributed by atoms with Crippen molar-refractivity contribution < 1.29 is 23.7 Å². The second-order valence-corrected chi connectivity index (χ2v) is 35.2. The molecular formula is C107H126N10O5. The van der Waals surface area contributed by atoms with Crippen molar-refractivity contribution in [3.05, 3.63) is 314 Å². The van der Waals surface area contributed by atoms with Crippen molar-refractivity contribution in [2.75, 3.05) is 115 Å². The number of hydrogen-bond acceptors (Lipinski definition) is 15. The van der Waals surface area contributed by atoms with E-state index in [0.29, 0.717) is 11.8 Å². The van der Waals surface area contributed by atoms with Crippen LogP contribution in [-0.4, -0.2) is 150 Å². The van der Waals surface area contributed by atoms with Gasteiger partial charge >= 0.3 is 0 Å². The van der Waals surface area contributed by atoms with E-state index in [1.807, 2.05) is 31.0 Å². The number of pyridine rings is 5. The Bertz CT molecular complexity index is 5300. The van der Waals surface area contributed by atoms with Gasteiger partial charge in [0.2, 0.25) is 0 Å². The molecule has 0 saturated carbocycles. The molecule has 0 radical (unpaired) electrons. The highest BCUT2D eigenvalue weighted by Crippen LogP contribution is 2.50. The molecular weight excluding hydrogens is 1510 g/mol. The number of fused-ring (bicyclic) bond motifs is 10. The number of aryl methyl sites for hydroxylation is 15. The molecule has 5 aliphatic carbocycles. The van der Waals surface area contributed by atoms with Crippen LogP contribution in [0.5, 0.6) is 28.7 Å². The minimum atomic E-state index is 0.358. The summed E-state index contributed by atoms with van der Waals surface area (Å²) in [5.41, 5.74) is 44.1. The number of likely N-dealkylation sites (tertiary alicyclic amines) is 2. The van der Waals surface area contributed by atoms with Crippen LogP contribution in [0.4, 0.5) is 0 Å². The number of ether oxygens (including phenoxy) is 5. The smallest absolute Gasteiger partial charge is 0.127 e. The fourth-order valence-corrected chi connectivity index (χ4v) is 21.0. The van der Waals surface area contributed by atoms with Crippen LogP contribution in [0.1, 0.15) is 210 Å². The van der Waals surface area contributed by atoms with E-state index in [0.717, 1.165) is 221 Å². The van der Waals surface area contributed by atoms with E-state index in [1.165, 1.54) is 186 Å². The van der Waals surface area contributed by atoms with Crippen molar-refractivity contribution in [3.8, 4) is 28.7 Å². The Balaban J connectivity index is 0.000000113. The zero-order valence-electron chi connectivity index (χ0n) is 74.5. The predicted molar refractivity (Wildman–Crippen MR) is 496 cm³/mol. The lowest BCUT2D eigenvalue weighted by molar-refractivity contribution is 0.313. The molecule has 15 heteroatoms. The quantitative estimate of drug-likeness (QED) is 0.145. The fourth-order valence-electron chi connectivity index (χ4n) is 21.0. The lowest BCUT2D eigenvalue weighted by Gasteiger charge is -2.32. The standard InChI is InChI=1S/2C22H26N2O.C21H26N2O.2C21H24N2O/c2*1-15-13-18-7-6-17-5-4-10-23-22(17)21(20(18)19(14-15)25-3)16-8-11-24(2)12-9-16;3*1-14-12-17-6-5-16-4-3-9-23-21(16)20(15-7-10-22-11-8-15)19(17)18(13-14)24-2/h2*4-5,10,13-14H,6-9,11-12H2,1-3H3;3-4,9,12-13,15,20,22H,5-8,10-11H2,1-2H3;2*3-4,9,12-13,22H,5-8,10-11H2,1-2H3. The lowest BCUT2D eigenvalue weighted by Crippen LogP contribution is -2.32. The molecule has 1 atom stereocenters. The predicted octanol–water partition coefficient (Wildman–Crippen LogP) is 19.0. The molecule has 0 bridgehead atoms. The van der Waals surface area contributed by atoms with Gasteiger partial charge < -0.3 is 49.4 Å². The summed E-state index contributed by atoms with van der Waals surface area (Å²) in [7, 11) is 13.4. The Labute approximate surface area is 725 Å².